The minimum atomic E-state index is -0.415. The molecule has 0 fully saturated rings. The van der Waals surface area contributed by atoms with Gasteiger partial charge in [0.25, 0.3) is 5.91 Å². The number of hydrogen-bond donors (Lipinski definition) is 2. The molecule has 138 valence electrons. The molecule has 2 aromatic rings. The first-order chi connectivity index (χ1) is 12.2. The second kappa shape index (κ2) is 8.56. The van der Waals surface area contributed by atoms with Gasteiger partial charge in [-0.2, -0.15) is 5.10 Å². The summed E-state index contributed by atoms with van der Waals surface area (Å²) in [5, 5.41) is 13.8. The van der Waals surface area contributed by atoms with Crippen LogP contribution < -0.4 is 10.2 Å². The molecule has 2 aromatic carbocycles. The zero-order valence-corrected chi connectivity index (χ0v) is 17.1. The number of amides is 1. The lowest BCUT2D eigenvalue weighted by Gasteiger charge is -2.19. The molecule has 1 amide bonds. The number of nitrogens with zero attached hydrogens (tertiary/aromatic N) is 1. The average Bonchev–Trinajstić information content (AvgIpc) is 2.57. The number of halogens is 2. The van der Waals surface area contributed by atoms with Gasteiger partial charge in [0, 0.05) is 10.0 Å². The van der Waals surface area contributed by atoms with Crippen molar-refractivity contribution < 1.29 is 14.6 Å². The van der Waals surface area contributed by atoms with Gasteiger partial charge < -0.3 is 9.84 Å². The largest absolute Gasteiger partial charge is 0.506 e. The van der Waals surface area contributed by atoms with E-state index < -0.39 is 5.91 Å². The van der Waals surface area contributed by atoms with Crippen LogP contribution in [-0.4, -0.2) is 23.8 Å². The maximum Gasteiger partial charge on any atom is 0.277 e. The van der Waals surface area contributed by atoms with Crippen LogP contribution in [0.15, 0.2) is 46.0 Å². The zero-order chi connectivity index (χ0) is 19.3. The SMILES string of the molecule is CC(C)(C)c1ccc(OCC(=O)NN=Cc2cc(Br)cc(Cl)c2O)cc1. The highest BCUT2D eigenvalue weighted by molar-refractivity contribution is 9.10. The first-order valence-electron chi connectivity index (χ1n) is 7.90. The summed E-state index contributed by atoms with van der Waals surface area (Å²) < 4.78 is 6.13. The van der Waals surface area contributed by atoms with Gasteiger partial charge in [-0.15, -0.1) is 0 Å². The number of phenolic OH excluding ortho intramolecular Hbond substituents is 1. The Balaban J connectivity index is 1.88. The number of hydrazone groups is 1. The van der Waals surface area contributed by atoms with Crippen LogP contribution in [0.2, 0.25) is 5.02 Å². The summed E-state index contributed by atoms with van der Waals surface area (Å²) in [5.74, 6) is 0.0818. The van der Waals surface area contributed by atoms with Crippen LogP contribution >= 0.6 is 27.5 Å². The van der Waals surface area contributed by atoms with Gasteiger partial charge in [-0.25, -0.2) is 5.43 Å². The van der Waals surface area contributed by atoms with E-state index in [9.17, 15) is 9.90 Å². The second-order valence-corrected chi connectivity index (χ2v) is 8.00. The molecule has 0 aromatic heterocycles. The van der Waals surface area contributed by atoms with E-state index in [1.54, 1.807) is 12.1 Å². The maximum atomic E-state index is 11.8. The zero-order valence-electron chi connectivity index (χ0n) is 14.7. The number of carbonyl (C=O) groups is 1. The molecule has 0 saturated carbocycles. The molecule has 0 spiro atoms. The number of carbonyl (C=O) groups excluding carboxylic acids is 1. The molecule has 2 rings (SSSR count). The molecule has 0 unspecified atom stereocenters. The van der Waals surface area contributed by atoms with E-state index in [-0.39, 0.29) is 22.8 Å². The molecule has 2 N–H and O–H groups in total. The molecule has 0 radical (unpaired) electrons. The molecule has 0 aliphatic carbocycles. The van der Waals surface area contributed by atoms with E-state index in [1.807, 2.05) is 24.3 Å². The Morgan fingerprint density at radius 2 is 1.96 bits per heavy atom. The fraction of sp³-hybridized carbons (Fsp3) is 0.263. The first kappa shape index (κ1) is 20.3. The third-order valence-electron chi connectivity index (χ3n) is 3.54. The molecule has 0 atom stereocenters. The molecule has 0 saturated heterocycles. The Morgan fingerprint density at radius 1 is 1.31 bits per heavy atom. The predicted octanol–water partition coefficient (Wildman–Crippen LogP) is 4.63. The van der Waals surface area contributed by atoms with Crippen LogP contribution in [0, 0.1) is 0 Å². The molecule has 0 bridgehead atoms. The minimum absolute atomic E-state index is 0.0610. The maximum absolute atomic E-state index is 11.8. The monoisotopic (exact) mass is 438 g/mol. The van der Waals surface area contributed by atoms with Gasteiger partial charge in [-0.05, 0) is 35.2 Å². The summed E-state index contributed by atoms with van der Waals surface area (Å²) in [6.45, 7) is 6.22. The number of ether oxygens (including phenoxy) is 1. The Labute approximate surface area is 166 Å². The van der Waals surface area contributed by atoms with E-state index in [1.165, 1.54) is 11.8 Å². The van der Waals surface area contributed by atoms with Gasteiger partial charge in [0.15, 0.2) is 6.61 Å². The van der Waals surface area contributed by atoms with Crippen LogP contribution in [0.3, 0.4) is 0 Å². The highest BCUT2D eigenvalue weighted by atomic mass is 79.9. The fourth-order valence-corrected chi connectivity index (χ4v) is 2.92. The Morgan fingerprint density at radius 3 is 2.58 bits per heavy atom. The van der Waals surface area contributed by atoms with Crippen molar-refractivity contribution in [1.82, 2.24) is 5.43 Å². The van der Waals surface area contributed by atoms with Crippen molar-refractivity contribution in [2.75, 3.05) is 6.61 Å². The molecule has 0 aliphatic heterocycles. The number of phenols is 1. The van der Waals surface area contributed by atoms with Crippen LogP contribution in [-0.2, 0) is 10.2 Å². The number of hydrogen-bond acceptors (Lipinski definition) is 4. The fourth-order valence-electron chi connectivity index (χ4n) is 2.09. The molecule has 26 heavy (non-hydrogen) atoms. The van der Waals surface area contributed by atoms with E-state index in [0.717, 1.165) is 0 Å². The topological polar surface area (TPSA) is 70.9 Å². The van der Waals surface area contributed by atoms with E-state index in [4.69, 9.17) is 16.3 Å². The lowest BCUT2D eigenvalue weighted by molar-refractivity contribution is -0.123. The van der Waals surface area contributed by atoms with Gasteiger partial charge >= 0.3 is 0 Å². The predicted molar refractivity (Wildman–Crippen MR) is 107 cm³/mol. The van der Waals surface area contributed by atoms with Gasteiger partial charge in [0.05, 0.1) is 11.2 Å². The van der Waals surface area contributed by atoms with Crippen molar-refractivity contribution in [3.05, 3.63) is 57.0 Å². The number of benzene rings is 2. The smallest absolute Gasteiger partial charge is 0.277 e. The summed E-state index contributed by atoms with van der Waals surface area (Å²) in [6, 6.07) is 10.8. The van der Waals surface area contributed by atoms with Crippen LogP contribution in [0.25, 0.3) is 0 Å². The van der Waals surface area contributed by atoms with Crippen molar-refractivity contribution in [3.8, 4) is 11.5 Å². The normalized spacial score (nSPS) is 11.6. The Hall–Kier alpha value is -2.05. The van der Waals surface area contributed by atoms with Crippen molar-refractivity contribution in [1.29, 1.82) is 0 Å². The van der Waals surface area contributed by atoms with Gasteiger partial charge in [-0.1, -0.05) is 60.4 Å². The molecular formula is C19H20BrClN2O3. The molecule has 7 heteroatoms. The van der Waals surface area contributed by atoms with E-state index in [2.05, 4.69) is 47.2 Å². The third kappa shape index (κ3) is 5.75. The molecule has 0 aliphatic rings. The average molecular weight is 440 g/mol. The van der Waals surface area contributed by atoms with Crippen molar-refractivity contribution in [2.24, 2.45) is 5.10 Å². The lowest BCUT2D eigenvalue weighted by Crippen LogP contribution is -2.24. The number of aromatic hydroxyl groups is 1. The standard InChI is InChI=1S/C19H20BrClN2O3/c1-19(2,3)13-4-6-15(7-5-13)26-11-17(24)23-22-10-12-8-14(20)9-16(21)18(12)25/h4-10,25H,11H2,1-3H3,(H,23,24). The summed E-state index contributed by atoms with van der Waals surface area (Å²) in [6.07, 6.45) is 1.31. The molecule has 5 nitrogen and oxygen atoms in total. The van der Waals surface area contributed by atoms with Crippen molar-refractivity contribution in [3.63, 3.8) is 0 Å². The van der Waals surface area contributed by atoms with Gasteiger partial charge in [0.1, 0.15) is 11.5 Å². The van der Waals surface area contributed by atoms with Crippen LogP contribution in [0.1, 0.15) is 31.9 Å². The highest BCUT2D eigenvalue weighted by Crippen LogP contribution is 2.30. The quantitative estimate of drug-likeness (QED) is 0.527. The number of nitrogens with one attached hydrogen (secondary N) is 1. The van der Waals surface area contributed by atoms with Gasteiger partial charge in [0.2, 0.25) is 0 Å². The molecular weight excluding hydrogens is 420 g/mol. The third-order valence-corrected chi connectivity index (χ3v) is 4.29. The summed E-state index contributed by atoms with van der Waals surface area (Å²) in [4.78, 5) is 11.8. The van der Waals surface area contributed by atoms with E-state index >= 15 is 0 Å². The van der Waals surface area contributed by atoms with Crippen molar-refractivity contribution in [2.45, 2.75) is 26.2 Å². The summed E-state index contributed by atoms with van der Waals surface area (Å²) in [7, 11) is 0. The van der Waals surface area contributed by atoms with Crippen LogP contribution in [0.4, 0.5) is 0 Å². The Kier molecular flexibility index (Phi) is 6.67. The molecule has 0 heterocycles. The van der Waals surface area contributed by atoms with Crippen LogP contribution in [0.5, 0.6) is 11.5 Å². The lowest BCUT2D eigenvalue weighted by atomic mass is 9.87. The first-order valence-corrected chi connectivity index (χ1v) is 9.07. The second-order valence-electron chi connectivity index (χ2n) is 6.68. The summed E-state index contributed by atoms with van der Waals surface area (Å²) in [5.41, 5.74) is 3.96. The summed E-state index contributed by atoms with van der Waals surface area (Å²) >= 11 is 9.14. The van der Waals surface area contributed by atoms with Crippen molar-refractivity contribution >= 4 is 39.7 Å². The number of rotatable bonds is 5. The Bertz CT molecular complexity index is 815. The van der Waals surface area contributed by atoms with Gasteiger partial charge in [-0.3, -0.25) is 4.79 Å². The van der Waals surface area contributed by atoms with E-state index in [0.29, 0.717) is 15.8 Å². The minimum Gasteiger partial charge on any atom is -0.506 e. The highest BCUT2D eigenvalue weighted by Gasteiger charge is 2.13.